The number of hydrogen-bond donors (Lipinski definition) is 1. The van der Waals surface area contributed by atoms with Gasteiger partial charge in [0.1, 0.15) is 0 Å². The number of thiophene rings is 1. The first-order valence-corrected chi connectivity index (χ1v) is 7.26. The van der Waals surface area contributed by atoms with Crippen LogP contribution in [0.5, 0.6) is 0 Å². The molecule has 1 aromatic rings. The lowest BCUT2D eigenvalue weighted by Gasteiger charge is -2.16. The Balaban J connectivity index is 0.00000361. The Bertz CT molecular complexity index is 460. The van der Waals surface area contributed by atoms with Gasteiger partial charge in [0.15, 0.2) is 5.78 Å². The highest BCUT2D eigenvalue weighted by atomic mass is 35.5. The Morgan fingerprint density at radius 2 is 1.95 bits per heavy atom. The summed E-state index contributed by atoms with van der Waals surface area (Å²) < 4.78 is 0. The number of rotatable bonds is 7. The highest BCUT2D eigenvalue weighted by Gasteiger charge is 2.15. The number of carbonyl (C=O) groups is 2. The minimum absolute atomic E-state index is 0. The summed E-state index contributed by atoms with van der Waals surface area (Å²) in [5, 5.41) is 2.99. The molecule has 0 aromatic carbocycles. The van der Waals surface area contributed by atoms with Gasteiger partial charge in [0, 0.05) is 48.3 Å². The lowest BCUT2D eigenvalue weighted by Crippen LogP contribution is -2.32. The third-order valence-electron chi connectivity index (χ3n) is 3.03. The predicted octanol–water partition coefficient (Wildman–Crippen LogP) is 2.43. The molecule has 0 aliphatic carbocycles. The van der Waals surface area contributed by atoms with E-state index < -0.39 is 0 Å². The highest BCUT2D eigenvalue weighted by molar-refractivity contribution is 7.12. The van der Waals surface area contributed by atoms with E-state index >= 15 is 0 Å². The molecule has 1 N–H and O–H groups in total. The average Bonchev–Trinajstić information content (AvgIpc) is 2.71. The Kier molecular flexibility index (Phi) is 8.69. The Morgan fingerprint density at radius 3 is 2.45 bits per heavy atom. The molecule has 20 heavy (non-hydrogen) atoms. The number of amides is 1. The van der Waals surface area contributed by atoms with Crippen molar-refractivity contribution in [2.75, 3.05) is 27.2 Å². The van der Waals surface area contributed by atoms with Crippen LogP contribution >= 0.6 is 23.7 Å². The number of Topliss-reactive ketones (excluding diaryl/α,β-unsaturated/α-hetero) is 1. The topological polar surface area (TPSA) is 49.4 Å². The second kappa shape index (κ2) is 9.10. The maximum absolute atomic E-state index is 12.0. The van der Waals surface area contributed by atoms with E-state index in [4.69, 9.17) is 0 Å². The van der Waals surface area contributed by atoms with Gasteiger partial charge in [-0.25, -0.2) is 0 Å². The minimum atomic E-state index is 0. The molecule has 0 aliphatic rings. The molecule has 0 bridgehead atoms. The van der Waals surface area contributed by atoms with Gasteiger partial charge in [-0.15, -0.1) is 23.7 Å². The molecule has 0 spiro atoms. The zero-order chi connectivity index (χ0) is 14.4. The van der Waals surface area contributed by atoms with Crippen LogP contribution in [-0.2, 0) is 4.79 Å². The molecule has 0 aliphatic heterocycles. The van der Waals surface area contributed by atoms with Crippen LogP contribution in [0, 0.1) is 13.8 Å². The maximum Gasteiger partial charge on any atom is 0.222 e. The van der Waals surface area contributed by atoms with Crippen molar-refractivity contribution in [1.29, 1.82) is 0 Å². The molecular formula is C14H23ClN2O2S. The zero-order valence-electron chi connectivity index (χ0n) is 12.5. The van der Waals surface area contributed by atoms with Gasteiger partial charge in [0.25, 0.3) is 0 Å². The molecule has 114 valence electrons. The van der Waals surface area contributed by atoms with Gasteiger partial charge in [0.05, 0.1) is 0 Å². The monoisotopic (exact) mass is 318 g/mol. The first-order valence-electron chi connectivity index (χ1n) is 6.44. The number of carbonyl (C=O) groups excluding carboxylic acids is 2. The molecule has 1 heterocycles. The minimum Gasteiger partial charge on any atom is -0.344 e. The van der Waals surface area contributed by atoms with Gasteiger partial charge in [0.2, 0.25) is 5.91 Å². The molecular weight excluding hydrogens is 296 g/mol. The van der Waals surface area contributed by atoms with E-state index in [0.717, 1.165) is 21.9 Å². The van der Waals surface area contributed by atoms with Crippen molar-refractivity contribution >= 4 is 35.4 Å². The van der Waals surface area contributed by atoms with Crippen molar-refractivity contribution in [2.24, 2.45) is 0 Å². The summed E-state index contributed by atoms with van der Waals surface area (Å²) in [7, 11) is 3.62. The summed E-state index contributed by atoms with van der Waals surface area (Å²) in [6.45, 7) is 5.37. The van der Waals surface area contributed by atoms with E-state index in [-0.39, 0.29) is 30.5 Å². The fourth-order valence-corrected chi connectivity index (χ4v) is 2.80. The van der Waals surface area contributed by atoms with Crippen LogP contribution in [0.25, 0.3) is 0 Å². The van der Waals surface area contributed by atoms with Crippen LogP contribution in [0.15, 0.2) is 6.07 Å². The summed E-state index contributed by atoms with van der Waals surface area (Å²) in [5.41, 5.74) is 0.771. The first kappa shape index (κ1) is 19.1. The first-order chi connectivity index (χ1) is 8.95. The Labute approximate surface area is 131 Å². The van der Waals surface area contributed by atoms with Crippen molar-refractivity contribution in [1.82, 2.24) is 10.2 Å². The van der Waals surface area contributed by atoms with E-state index in [2.05, 4.69) is 5.32 Å². The van der Waals surface area contributed by atoms with Gasteiger partial charge < -0.3 is 10.2 Å². The third kappa shape index (κ3) is 5.61. The van der Waals surface area contributed by atoms with Gasteiger partial charge in [-0.2, -0.15) is 0 Å². The standard InChI is InChI=1S/C14H22N2O2S.ClH/c1-10-9-12(11(2)19-10)13(17)5-6-14(18)16(4)8-7-15-3;/h9,15H,5-8H2,1-4H3;1H. The number of likely N-dealkylation sites (N-methyl/N-ethyl adjacent to an activating group) is 2. The average molecular weight is 319 g/mol. The zero-order valence-corrected chi connectivity index (χ0v) is 14.1. The van der Waals surface area contributed by atoms with Gasteiger partial charge in [-0.1, -0.05) is 0 Å². The Morgan fingerprint density at radius 1 is 1.30 bits per heavy atom. The second-order valence-corrected chi connectivity index (χ2v) is 6.13. The Hall–Kier alpha value is -0.910. The van der Waals surface area contributed by atoms with Crippen LogP contribution < -0.4 is 5.32 Å². The summed E-state index contributed by atoms with van der Waals surface area (Å²) in [5.74, 6) is 0.0884. The van der Waals surface area contributed by atoms with Gasteiger partial charge >= 0.3 is 0 Å². The van der Waals surface area contributed by atoms with Crippen molar-refractivity contribution < 1.29 is 9.59 Å². The molecule has 6 heteroatoms. The molecule has 4 nitrogen and oxygen atoms in total. The summed E-state index contributed by atoms with van der Waals surface area (Å²) in [6.07, 6.45) is 0.577. The van der Waals surface area contributed by atoms with E-state index in [9.17, 15) is 9.59 Å². The van der Waals surface area contributed by atoms with E-state index in [0.29, 0.717) is 13.0 Å². The van der Waals surface area contributed by atoms with E-state index in [1.807, 2.05) is 27.0 Å². The van der Waals surface area contributed by atoms with Crippen LogP contribution in [0.3, 0.4) is 0 Å². The fraction of sp³-hybridized carbons (Fsp3) is 0.571. The highest BCUT2D eigenvalue weighted by Crippen LogP contribution is 2.22. The summed E-state index contributed by atoms with van der Waals surface area (Å²) in [6, 6.07) is 1.91. The summed E-state index contributed by atoms with van der Waals surface area (Å²) in [4.78, 5) is 27.7. The number of halogens is 1. The molecule has 0 atom stereocenters. The number of ketones is 1. The van der Waals surface area contributed by atoms with Crippen molar-refractivity contribution in [3.05, 3.63) is 21.4 Å². The molecule has 1 aromatic heterocycles. The normalized spacial score (nSPS) is 10.0. The van der Waals surface area contributed by atoms with Crippen molar-refractivity contribution in [3.63, 3.8) is 0 Å². The predicted molar refractivity (Wildman–Crippen MR) is 86.2 cm³/mol. The number of nitrogens with zero attached hydrogens (tertiary/aromatic N) is 1. The van der Waals surface area contributed by atoms with Crippen LogP contribution in [0.2, 0.25) is 0 Å². The number of aryl methyl sites for hydroxylation is 2. The molecule has 0 radical (unpaired) electrons. The second-order valence-electron chi connectivity index (χ2n) is 4.67. The van der Waals surface area contributed by atoms with Gasteiger partial charge in [-0.3, -0.25) is 9.59 Å². The molecule has 1 rings (SSSR count). The molecule has 0 fully saturated rings. The summed E-state index contributed by atoms with van der Waals surface area (Å²) >= 11 is 1.62. The van der Waals surface area contributed by atoms with E-state index in [1.165, 1.54) is 0 Å². The van der Waals surface area contributed by atoms with Crippen LogP contribution in [0.4, 0.5) is 0 Å². The molecule has 0 saturated heterocycles. The quantitative estimate of drug-likeness (QED) is 0.786. The largest absolute Gasteiger partial charge is 0.344 e. The van der Waals surface area contributed by atoms with Crippen LogP contribution in [0.1, 0.15) is 33.0 Å². The SMILES string of the molecule is CNCCN(C)C(=O)CCC(=O)c1cc(C)sc1C.Cl. The van der Waals surface area contributed by atoms with Crippen molar-refractivity contribution in [3.8, 4) is 0 Å². The van der Waals surface area contributed by atoms with Crippen LogP contribution in [-0.4, -0.2) is 43.8 Å². The fourth-order valence-electron chi connectivity index (χ4n) is 1.86. The van der Waals surface area contributed by atoms with Crippen molar-refractivity contribution in [2.45, 2.75) is 26.7 Å². The molecule has 0 saturated carbocycles. The molecule has 0 unspecified atom stereocenters. The van der Waals surface area contributed by atoms with Gasteiger partial charge in [-0.05, 0) is 27.0 Å². The lowest BCUT2D eigenvalue weighted by molar-refractivity contribution is -0.129. The third-order valence-corrected chi connectivity index (χ3v) is 4.00. The van der Waals surface area contributed by atoms with E-state index in [1.54, 1.807) is 23.3 Å². The number of nitrogens with one attached hydrogen (secondary N) is 1. The smallest absolute Gasteiger partial charge is 0.222 e. The molecule has 1 amide bonds. The maximum atomic E-state index is 12.0. The number of hydrogen-bond acceptors (Lipinski definition) is 4. The lowest BCUT2D eigenvalue weighted by atomic mass is 10.1.